The van der Waals surface area contributed by atoms with Crippen LogP contribution >= 0.6 is 0 Å². The van der Waals surface area contributed by atoms with Crippen LogP contribution in [0.3, 0.4) is 0 Å². The fourth-order valence-corrected chi connectivity index (χ4v) is 1.89. The molecule has 2 nitrogen and oxygen atoms in total. The van der Waals surface area contributed by atoms with Crippen molar-refractivity contribution >= 4 is 5.78 Å². The zero-order valence-corrected chi connectivity index (χ0v) is 11.2. The summed E-state index contributed by atoms with van der Waals surface area (Å²) in [7, 11) is 0. The maximum Gasteiger partial charge on any atom is 0.176 e. The summed E-state index contributed by atoms with van der Waals surface area (Å²) in [6, 6.07) is 8.05. The molecule has 1 rings (SSSR count). The molecule has 0 heterocycles. The van der Waals surface area contributed by atoms with E-state index in [-0.39, 0.29) is 5.78 Å². The zero-order chi connectivity index (χ0) is 12.7. The first-order chi connectivity index (χ1) is 8.21. The van der Waals surface area contributed by atoms with Crippen molar-refractivity contribution in [1.29, 1.82) is 0 Å². The van der Waals surface area contributed by atoms with Crippen LogP contribution in [0.2, 0.25) is 0 Å². The van der Waals surface area contributed by atoms with Crippen LogP contribution in [0.15, 0.2) is 24.3 Å². The number of nitrogens with zero attached hydrogens (tertiary/aromatic N) is 1. The van der Waals surface area contributed by atoms with Gasteiger partial charge in [-0.1, -0.05) is 51.5 Å². The summed E-state index contributed by atoms with van der Waals surface area (Å²) in [5.41, 5.74) is 2.14. The third kappa shape index (κ3) is 4.31. The summed E-state index contributed by atoms with van der Waals surface area (Å²) in [5.74, 6) is 0.219. The minimum atomic E-state index is 0.219. The number of Topliss-reactive ketones (excluding diaryl/α,β-unsaturated/α-hetero) is 1. The van der Waals surface area contributed by atoms with Gasteiger partial charge in [-0.2, -0.15) is 0 Å². The molecule has 0 aliphatic rings. The van der Waals surface area contributed by atoms with Gasteiger partial charge < -0.3 is 0 Å². The van der Waals surface area contributed by atoms with Gasteiger partial charge in [-0.15, -0.1) is 0 Å². The van der Waals surface area contributed by atoms with Crippen LogP contribution < -0.4 is 0 Å². The van der Waals surface area contributed by atoms with Gasteiger partial charge in [0.25, 0.3) is 0 Å². The average molecular weight is 233 g/mol. The predicted molar refractivity (Wildman–Crippen MR) is 72.6 cm³/mol. The molecule has 0 spiro atoms. The number of hydrogen-bond acceptors (Lipinski definition) is 2. The van der Waals surface area contributed by atoms with E-state index in [1.807, 2.05) is 12.1 Å². The van der Waals surface area contributed by atoms with Crippen LogP contribution in [0, 0.1) is 0 Å². The van der Waals surface area contributed by atoms with Crippen LogP contribution in [-0.4, -0.2) is 30.3 Å². The molecule has 94 valence electrons. The Balaban J connectivity index is 2.63. The van der Waals surface area contributed by atoms with Crippen molar-refractivity contribution in [2.45, 2.75) is 33.6 Å². The lowest BCUT2D eigenvalue weighted by Crippen LogP contribution is -2.29. The van der Waals surface area contributed by atoms with Crippen LogP contribution in [0.5, 0.6) is 0 Å². The second kappa shape index (κ2) is 7.23. The van der Waals surface area contributed by atoms with Crippen molar-refractivity contribution in [3.8, 4) is 0 Å². The number of hydrogen-bond donors (Lipinski definition) is 0. The quantitative estimate of drug-likeness (QED) is 0.674. The fraction of sp³-hybridized carbons (Fsp3) is 0.533. The number of ketones is 1. The van der Waals surface area contributed by atoms with Gasteiger partial charge >= 0.3 is 0 Å². The van der Waals surface area contributed by atoms with E-state index in [1.165, 1.54) is 5.56 Å². The zero-order valence-electron chi connectivity index (χ0n) is 11.2. The maximum absolute atomic E-state index is 12.0. The van der Waals surface area contributed by atoms with Gasteiger partial charge in [-0.25, -0.2) is 0 Å². The highest BCUT2D eigenvalue weighted by atomic mass is 16.1. The van der Waals surface area contributed by atoms with Crippen LogP contribution in [-0.2, 0) is 6.42 Å². The summed E-state index contributed by atoms with van der Waals surface area (Å²) in [5, 5.41) is 0. The Hall–Kier alpha value is -1.15. The first kappa shape index (κ1) is 13.9. The van der Waals surface area contributed by atoms with E-state index in [0.29, 0.717) is 6.54 Å². The number of carbonyl (C=O) groups excluding carboxylic acids is 1. The van der Waals surface area contributed by atoms with Gasteiger partial charge in [0, 0.05) is 5.56 Å². The number of carbonyl (C=O) groups is 1. The Morgan fingerprint density at radius 1 is 1.06 bits per heavy atom. The minimum absolute atomic E-state index is 0.219. The van der Waals surface area contributed by atoms with E-state index in [2.05, 4.69) is 37.8 Å². The van der Waals surface area contributed by atoms with Gasteiger partial charge in [0.1, 0.15) is 0 Å². The molecule has 1 aromatic rings. The van der Waals surface area contributed by atoms with Gasteiger partial charge in [0.15, 0.2) is 5.78 Å². The molecular weight excluding hydrogens is 210 g/mol. The van der Waals surface area contributed by atoms with Crippen molar-refractivity contribution in [2.75, 3.05) is 19.6 Å². The lowest BCUT2D eigenvalue weighted by atomic mass is 10.1. The van der Waals surface area contributed by atoms with Gasteiger partial charge in [-0.05, 0) is 25.1 Å². The fourth-order valence-electron chi connectivity index (χ4n) is 1.89. The molecule has 0 saturated carbocycles. The van der Waals surface area contributed by atoms with Crippen molar-refractivity contribution in [1.82, 2.24) is 4.90 Å². The Morgan fingerprint density at radius 3 is 2.12 bits per heavy atom. The molecule has 0 aromatic heterocycles. The lowest BCUT2D eigenvalue weighted by Gasteiger charge is -2.16. The van der Waals surface area contributed by atoms with Crippen molar-refractivity contribution in [3.63, 3.8) is 0 Å². The molecule has 0 aliphatic carbocycles. The SMILES string of the molecule is CCCc1ccc(C(=O)CN(CC)CC)cc1. The molecular formula is C15H23NO. The molecule has 0 N–H and O–H groups in total. The molecule has 0 radical (unpaired) electrons. The molecule has 1 aromatic carbocycles. The van der Waals surface area contributed by atoms with E-state index >= 15 is 0 Å². The third-order valence-corrected chi connectivity index (χ3v) is 3.08. The molecule has 0 bridgehead atoms. The summed E-state index contributed by atoms with van der Waals surface area (Å²) in [4.78, 5) is 14.1. The molecule has 0 amide bonds. The molecule has 0 fully saturated rings. The Labute approximate surface area is 105 Å². The largest absolute Gasteiger partial charge is 0.296 e. The lowest BCUT2D eigenvalue weighted by molar-refractivity contribution is 0.0937. The van der Waals surface area contributed by atoms with E-state index < -0.39 is 0 Å². The van der Waals surface area contributed by atoms with Crippen LogP contribution in [0.25, 0.3) is 0 Å². The highest BCUT2D eigenvalue weighted by Crippen LogP contribution is 2.08. The highest BCUT2D eigenvalue weighted by molar-refractivity contribution is 5.97. The Morgan fingerprint density at radius 2 is 1.65 bits per heavy atom. The number of rotatable bonds is 7. The van der Waals surface area contributed by atoms with Gasteiger partial charge in [0.05, 0.1) is 6.54 Å². The summed E-state index contributed by atoms with van der Waals surface area (Å²) in [6.07, 6.45) is 2.23. The Kier molecular flexibility index (Phi) is 5.92. The van der Waals surface area contributed by atoms with Crippen LogP contribution in [0.1, 0.15) is 43.1 Å². The van der Waals surface area contributed by atoms with E-state index in [1.54, 1.807) is 0 Å². The third-order valence-electron chi connectivity index (χ3n) is 3.08. The first-order valence-corrected chi connectivity index (χ1v) is 6.55. The van der Waals surface area contributed by atoms with E-state index in [9.17, 15) is 4.79 Å². The molecule has 0 atom stereocenters. The Bertz CT molecular complexity index is 338. The molecule has 0 unspecified atom stereocenters. The van der Waals surface area contributed by atoms with Crippen molar-refractivity contribution in [2.24, 2.45) is 0 Å². The van der Waals surface area contributed by atoms with E-state index in [4.69, 9.17) is 0 Å². The molecule has 17 heavy (non-hydrogen) atoms. The first-order valence-electron chi connectivity index (χ1n) is 6.55. The minimum Gasteiger partial charge on any atom is -0.296 e. The molecule has 2 heteroatoms. The van der Waals surface area contributed by atoms with Crippen LogP contribution in [0.4, 0.5) is 0 Å². The van der Waals surface area contributed by atoms with Gasteiger partial charge in [-0.3, -0.25) is 9.69 Å². The average Bonchev–Trinajstić information content (AvgIpc) is 2.37. The summed E-state index contributed by atoms with van der Waals surface area (Å²) in [6.45, 7) is 8.72. The topological polar surface area (TPSA) is 20.3 Å². The number of likely N-dealkylation sites (N-methyl/N-ethyl adjacent to an activating group) is 1. The van der Waals surface area contributed by atoms with Gasteiger partial charge in [0.2, 0.25) is 0 Å². The predicted octanol–water partition coefficient (Wildman–Crippen LogP) is 3.16. The number of aryl methyl sites for hydroxylation is 1. The molecule has 0 aliphatic heterocycles. The van der Waals surface area contributed by atoms with Crippen molar-refractivity contribution < 1.29 is 4.79 Å². The standard InChI is InChI=1S/C15H23NO/c1-4-7-13-8-10-14(11-9-13)15(17)12-16(5-2)6-3/h8-11H,4-7,12H2,1-3H3. The molecule has 0 saturated heterocycles. The highest BCUT2D eigenvalue weighted by Gasteiger charge is 2.09. The smallest absolute Gasteiger partial charge is 0.176 e. The second-order valence-electron chi connectivity index (χ2n) is 4.33. The monoisotopic (exact) mass is 233 g/mol. The maximum atomic E-state index is 12.0. The van der Waals surface area contributed by atoms with Crippen molar-refractivity contribution in [3.05, 3.63) is 35.4 Å². The summed E-state index contributed by atoms with van der Waals surface area (Å²) >= 11 is 0. The normalized spacial score (nSPS) is 10.8. The summed E-state index contributed by atoms with van der Waals surface area (Å²) < 4.78 is 0. The van der Waals surface area contributed by atoms with E-state index in [0.717, 1.165) is 31.5 Å². The second-order valence-corrected chi connectivity index (χ2v) is 4.33. The number of benzene rings is 1.